The Hall–Kier alpha value is -1.22. The highest BCUT2D eigenvalue weighted by Crippen LogP contribution is 2.32. The van der Waals surface area contributed by atoms with E-state index in [1.54, 1.807) is 20.3 Å². The summed E-state index contributed by atoms with van der Waals surface area (Å²) in [4.78, 5) is 0. The predicted molar refractivity (Wildman–Crippen MR) is 73.2 cm³/mol. The Morgan fingerprint density at radius 2 is 1.83 bits per heavy atom. The van der Waals surface area contributed by atoms with Gasteiger partial charge in [0.25, 0.3) is 0 Å². The average Bonchev–Trinajstić information content (AvgIpc) is 2.37. The molecule has 0 fully saturated rings. The lowest BCUT2D eigenvalue weighted by Crippen LogP contribution is -2.02. The number of hydrogen-bond donors (Lipinski definition) is 1. The number of rotatable bonds is 7. The van der Waals surface area contributed by atoms with Gasteiger partial charge in [0.1, 0.15) is 11.5 Å². The van der Waals surface area contributed by atoms with Crippen LogP contribution in [0.25, 0.3) is 0 Å². The van der Waals surface area contributed by atoms with E-state index >= 15 is 0 Å². The molecule has 3 heteroatoms. The van der Waals surface area contributed by atoms with Crippen molar-refractivity contribution in [2.75, 3.05) is 14.2 Å². The van der Waals surface area contributed by atoms with Gasteiger partial charge in [-0.2, -0.15) is 0 Å². The predicted octanol–water partition coefficient (Wildman–Crippen LogP) is 3.56. The Morgan fingerprint density at radius 3 is 2.39 bits per heavy atom. The van der Waals surface area contributed by atoms with Gasteiger partial charge in [-0.1, -0.05) is 26.7 Å². The Morgan fingerprint density at radius 1 is 1.11 bits per heavy atom. The maximum atomic E-state index is 10.2. The molecule has 18 heavy (non-hydrogen) atoms. The van der Waals surface area contributed by atoms with Crippen molar-refractivity contribution >= 4 is 0 Å². The van der Waals surface area contributed by atoms with Crippen LogP contribution >= 0.6 is 0 Å². The topological polar surface area (TPSA) is 38.7 Å². The van der Waals surface area contributed by atoms with Crippen LogP contribution in [0.4, 0.5) is 0 Å². The van der Waals surface area contributed by atoms with E-state index in [1.165, 1.54) is 0 Å². The van der Waals surface area contributed by atoms with Crippen LogP contribution in [0.15, 0.2) is 18.2 Å². The summed E-state index contributed by atoms with van der Waals surface area (Å²) in [6.07, 6.45) is 2.45. The molecule has 0 heterocycles. The van der Waals surface area contributed by atoms with Crippen LogP contribution in [0.5, 0.6) is 11.5 Å². The highest BCUT2D eigenvalue weighted by molar-refractivity contribution is 5.41. The van der Waals surface area contributed by atoms with Crippen molar-refractivity contribution in [3.05, 3.63) is 23.8 Å². The minimum absolute atomic E-state index is 0.468. The van der Waals surface area contributed by atoms with Gasteiger partial charge in [0.05, 0.1) is 20.3 Å². The van der Waals surface area contributed by atoms with Crippen molar-refractivity contribution in [1.29, 1.82) is 0 Å². The molecule has 1 atom stereocenters. The molecule has 0 aliphatic carbocycles. The number of hydrogen-bond acceptors (Lipinski definition) is 3. The van der Waals surface area contributed by atoms with E-state index in [4.69, 9.17) is 9.47 Å². The fourth-order valence-corrected chi connectivity index (χ4v) is 1.97. The summed E-state index contributed by atoms with van der Waals surface area (Å²) < 4.78 is 10.4. The van der Waals surface area contributed by atoms with E-state index in [2.05, 4.69) is 13.8 Å². The Balaban J connectivity index is 2.69. The maximum Gasteiger partial charge on any atom is 0.128 e. The number of aliphatic hydroxyl groups excluding tert-OH is 1. The third kappa shape index (κ3) is 4.22. The van der Waals surface area contributed by atoms with Gasteiger partial charge >= 0.3 is 0 Å². The second kappa shape index (κ2) is 7.27. The smallest absolute Gasteiger partial charge is 0.128 e. The van der Waals surface area contributed by atoms with Crippen molar-refractivity contribution in [2.45, 2.75) is 39.2 Å². The number of aliphatic hydroxyl groups is 1. The highest BCUT2D eigenvalue weighted by Gasteiger charge is 2.14. The number of methoxy groups -OCH3 is 2. The zero-order chi connectivity index (χ0) is 13.5. The molecule has 1 aromatic carbocycles. The van der Waals surface area contributed by atoms with Gasteiger partial charge in [0, 0.05) is 11.6 Å². The van der Waals surface area contributed by atoms with Gasteiger partial charge in [0.2, 0.25) is 0 Å². The minimum atomic E-state index is -0.468. The van der Waals surface area contributed by atoms with Gasteiger partial charge in [-0.3, -0.25) is 0 Å². The lowest BCUT2D eigenvalue weighted by molar-refractivity contribution is 0.158. The van der Waals surface area contributed by atoms with Crippen molar-refractivity contribution in [3.63, 3.8) is 0 Å². The fourth-order valence-electron chi connectivity index (χ4n) is 1.97. The third-order valence-electron chi connectivity index (χ3n) is 3.06. The Labute approximate surface area is 110 Å². The van der Waals surface area contributed by atoms with E-state index in [0.29, 0.717) is 11.7 Å². The molecule has 0 bridgehead atoms. The Bertz CT molecular complexity index is 361. The van der Waals surface area contributed by atoms with Gasteiger partial charge in [-0.15, -0.1) is 0 Å². The second-order valence-corrected chi connectivity index (χ2v) is 4.95. The molecule has 1 unspecified atom stereocenters. The van der Waals surface area contributed by atoms with Crippen LogP contribution in [0.2, 0.25) is 0 Å². The van der Waals surface area contributed by atoms with E-state index < -0.39 is 6.10 Å². The van der Waals surface area contributed by atoms with Gasteiger partial charge in [-0.05, 0) is 24.5 Å². The first-order valence-corrected chi connectivity index (χ1v) is 6.48. The minimum Gasteiger partial charge on any atom is -0.497 e. The molecule has 0 amide bonds. The molecule has 1 N–H and O–H groups in total. The van der Waals surface area contributed by atoms with Crippen molar-refractivity contribution < 1.29 is 14.6 Å². The molecular formula is C15H24O3. The molecule has 0 saturated carbocycles. The first-order valence-electron chi connectivity index (χ1n) is 6.48. The van der Waals surface area contributed by atoms with Crippen LogP contribution in [0.3, 0.4) is 0 Å². The zero-order valence-electron chi connectivity index (χ0n) is 11.8. The molecule has 0 aliphatic heterocycles. The van der Waals surface area contributed by atoms with E-state index in [-0.39, 0.29) is 0 Å². The third-order valence-corrected chi connectivity index (χ3v) is 3.06. The molecule has 3 nitrogen and oxygen atoms in total. The van der Waals surface area contributed by atoms with E-state index in [0.717, 1.165) is 30.6 Å². The lowest BCUT2D eigenvalue weighted by Gasteiger charge is -2.16. The SMILES string of the molecule is COc1ccc(C(O)CCCC(C)C)c(OC)c1. The second-order valence-electron chi connectivity index (χ2n) is 4.95. The summed E-state index contributed by atoms with van der Waals surface area (Å²) >= 11 is 0. The molecule has 0 aromatic heterocycles. The summed E-state index contributed by atoms with van der Waals surface area (Å²) in [6, 6.07) is 5.53. The highest BCUT2D eigenvalue weighted by atomic mass is 16.5. The monoisotopic (exact) mass is 252 g/mol. The van der Waals surface area contributed by atoms with Crippen LogP contribution in [-0.4, -0.2) is 19.3 Å². The molecule has 0 aliphatic rings. The van der Waals surface area contributed by atoms with Crippen LogP contribution < -0.4 is 9.47 Å². The normalized spacial score (nSPS) is 12.6. The first kappa shape index (κ1) is 14.8. The zero-order valence-corrected chi connectivity index (χ0v) is 11.8. The number of benzene rings is 1. The summed E-state index contributed by atoms with van der Waals surface area (Å²) in [7, 11) is 3.23. The lowest BCUT2D eigenvalue weighted by atomic mass is 9.99. The molecule has 0 spiro atoms. The van der Waals surface area contributed by atoms with Crippen molar-refractivity contribution in [1.82, 2.24) is 0 Å². The van der Waals surface area contributed by atoms with Gasteiger partial charge in [-0.25, -0.2) is 0 Å². The van der Waals surface area contributed by atoms with Crippen LogP contribution in [-0.2, 0) is 0 Å². The van der Waals surface area contributed by atoms with Crippen LogP contribution in [0, 0.1) is 5.92 Å². The molecule has 1 aromatic rings. The van der Waals surface area contributed by atoms with E-state index in [9.17, 15) is 5.11 Å². The molecule has 0 radical (unpaired) electrons. The summed E-state index contributed by atoms with van der Waals surface area (Å²) in [6.45, 7) is 4.39. The average molecular weight is 252 g/mol. The largest absolute Gasteiger partial charge is 0.497 e. The van der Waals surface area contributed by atoms with Crippen molar-refractivity contribution in [2.24, 2.45) is 5.92 Å². The van der Waals surface area contributed by atoms with Gasteiger partial charge in [0.15, 0.2) is 0 Å². The standard InChI is InChI=1S/C15H24O3/c1-11(2)6-5-7-14(16)13-9-8-12(17-3)10-15(13)18-4/h8-11,14,16H,5-7H2,1-4H3. The fraction of sp³-hybridized carbons (Fsp3) is 0.600. The number of ether oxygens (including phenoxy) is 2. The quantitative estimate of drug-likeness (QED) is 0.806. The summed E-state index contributed by atoms with van der Waals surface area (Å²) in [5, 5.41) is 10.2. The summed E-state index contributed by atoms with van der Waals surface area (Å²) in [5.41, 5.74) is 0.835. The van der Waals surface area contributed by atoms with E-state index in [1.807, 2.05) is 12.1 Å². The first-order chi connectivity index (χ1) is 8.58. The summed E-state index contributed by atoms with van der Waals surface area (Å²) in [5.74, 6) is 2.10. The molecule has 0 saturated heterocycles. The molecule has 102 valence electrons. The molecule has 1 rings (SSSR count). The molecular weight excluding hydrogens is 228 g/mol. The van der Waals surface area contributed by atoms with Gasteiger partial charge < -0.3 is 14.6 Å². The maximum absolute atomic E-state index is 10.2. The van der Waals surface area contributed by atoms with Crippen molar-refractivity contribution in [3.8, 4) is 11.5 Å². The van der Waals surface area contributed by atoms with Crippen LogP contribution in [0.1, 0.15) is 44.8 Å². The Kier molecular flexibility index (Phi) is 5.99.